The third-order valence-electron chi connectivity index (χ3n) is 13.7. The molecule has 67 heavy (non-hydrogen) atoms. The lowest BCUT2D eigenvalue weighted by Crippen LogP contribution is -2.66. The normalized spacial score (nSPS) is 27.0. The summed E-state index contributed by atoms with van der Waals surface area (Å²) in [6.07, 6.45) is -7.55. The summed E-state index contributed by atoms with van der Waals surface area (Å²) in [5.74, 6) is -4.96. The molecule has 4 amide bonds. The van der Waals surface area contributed by atoms with Crippen molar-refractivity contribution in [3.8, 4) is 17.3 Å². The minimum atomic E-state index is -5.18. The maximum atomic E-state index is 15.3. The van der Waals surface area contributed by atoms with Crippen LogP contribution in [0, 0.1) is 17.8 Å². The summed E-state index contributed by atoms with van der Waals surface area (Å²) in [7, 11) is -2.83. The second kappa shape index (κ2) is 17.5. The van der Waals surface area contributed by atoms with Gasteiger partial charge in [-0.2, -0.15) is 31.4 Å². The van der Waals surface area contributed by atoms with E-state index in [0.29, 0.717) is 50.7 Å². The number of nitrogens with one attached hydrogen (secondary N) is 2. The van der Waals surface area contributed by atoms with Crippen molar-refractivity contribution in [1.82, 2.24) is 34.6 Å². The number of alkyl halides is 6. The van der Waals surface area contributed by atoms with E-state index in [4.69, 9.17) is 9.47 Å². The largest absolute Gasteiger partial charge is 0.497 e. The number of hydrogen-bond donors (Lipinski definition) is 3. The highest BCUT2D eigenvalue weighted by molar-refractivity contribution is 7.91. The molecule has 0 bridgehead atoms. The summed E-state index contributed by atoms with van der Waals surface area (Å²) in [5.41, 5.74) is -6.01. The zero-order valence-electron chi connectivity index (χ0n) is 37.6. The van der Waals surface area contributed by atoms with Crippen LogP contribution in [-0.4, -0.2) is 116 Å². The Morgan fingerprint density at radius 2 is 1.78 bits per heavy atom. The van der Waals surface area contributed by atoms with Crippen LogP contribution in [0.25, 0.3) is 16.7 Å². The standard InChI is InChI=1S/C44H53F6N7O9S/c1-7-25-18-24(2)10-8-9-11-26-22-42(26,38(60)54-67(63,64)41(5)15-16-41)52-36(58)31-20-28(23-55(31)37(59)35(25)57(39(61)62)40(3,4)44(48,49)50)66-32-21-34(56-17-14-33(53-56)43(45,46)47)51-30-19-27(65-6)12-13-29(30)32/h9,11-14,17,19,21,24-26,28,31,35H,7-8,10,15-16,18,20,22-23H2,1-6H3,(H,52,58)(H,54,60)(H,61,62)/t24-,25-,26-,28-,31+,35+,42-/m1/s1. The minimum Gasteiger partial charge on any atom is -0.497 e. The molecule has 23 heteroatoms. The van der Waals surface area contributed by atoms with Crippen molar-refractivity contribution in [2.24, 2.45) is 17.8 Å². The Morgan fingerprint density at radius 1 is 1.07 bits per heavy atom. The Labute approximate surface area is 382 Å². The van der Waals surface area contributed by atoms with Crippen molar-refractivity contribution in [3.63, 3.8) is 0 Å². The van der Waals surface area contributed by atoms with E-state index in [-0.39, 0.29) is 47.2 Å². The van der Waals surface area contributed by atoms with Gasteiger partial charge in [0.2, 0.25) is 21.8 Å². The number of carbonyl (C=O) groups is 4. The summed E-state index contributed by atoms with van der Waals surface area (Å²) in [4.78, 5) is 62.9. The van der Waals surface area contributed by atoms with Gasteiger partial charge in [0.05, 0.1) is 23.9 Å². The lowest BCUT2D eigenvalue weighted by molar-refractivity contribution is -0.222. The van der Waals surface area contributed by atoms with E-state index in [0.717, 1.165) is 21.8 Å². The van der Waals surface area contributed by atoms with E-state index in [1.807, 2.05) is 6.92 Å². The van der Waals surface area contributed by atoms with Crippen LogP contribution in [0.15, 0.2) is 48.7 Å². The summed E-state index contributed by atoms with van der Waals surface area (Å²) in [6.45, 7) is 5.69. The van der Waals surface area contributed by atoms with Crippen LogP contribution in [0.2, 0.25) is 0 Å². The van der Waals surface area contributed by atoms with E-state index < -0.39 is 111 Å². The molecule has 7 atom stereocenters. The molecule has 366 valence electrons. The van der Waals surface area contributed by atoms with Crippen molar-refractivity contribution in [2.45, 2.75) is 132 Å². The smallest absolute Gasteiger partial charge is 0.435 e. The fourth-order valence-corrected chi connectivity index (χ4v) is 10.4. The van der Waals surface area contributed by atoms with Gasteiger partial charge in [-0.25, -0.2) is 22.9 Å². The Hall–Kier alpha value is -5.61. The van der Waals surface area contributed by atoms with Gasteiger partial charge in [0, 0.05) is 36.1 Å². The summed E-state index contributed by atoms with van der Waals surface area (Å²) in [6, 6.07) is 2.94. The Morgan fingerprint density at radius 3 is 2.37 bits per heavy atom. The molecule has 4 heterocycles. The highest BCUT2D eigenvalue weighted by atomic mass is 32.2. The van der Waals surface area contributed by atoms with Gasteiger partial charge in [-0.3, -0.25) is 24.0 Å². The molecular weight excluding hydrogens is 917 g/mol. The topological polar surface area (TPSA) is 202 Å². The molecule has 0 radical (unpaired) electrons. The van der Waals surface area contributed by atoms with E-state index in [1.165, 1.54) is 26.2 Å². The molecule has 1 saturated heterocycles. The van der Waals surface area contributed by atoms with Crippen LogP contribution in [0.4, 0.5) is 31.1 Å². The lowest BCUT2D eigenvalue weighted by Gasteiger charge is -2.46. The van der Waals surface area contributed by atoms with Gasteiger partial charge in [0.15, 0.2) is 11.5 Å². The first-order chi connectivity index (χ1) is 31.2. The molecule has 3 N–H and O–H groups in total. The molecule has 0 unspecified atom stereocenters. The zero-order valence-corrected chi connectivity index (χ0v) is 38.4. The first-order valence-electron chi connectivity index (χ1n) is 21.9. The number of rotatable bonds is 10. The molecule has 7 rings (SSSR count). The number of carboxylic acid groups (broad SMARTS) is 1. The van der Waals surface area contributed by atoms with Crippen LogP contribution in [0.5, 0.6) is 11.5 Å². The molecule has 2 aliphatic carbocycles. The molecule has 3 aromatic rings. The number of hydrogen-bond acceptors (Lipinski definition) is 10. The summed E-state index contributed by atoms with van der Waals surface area (Å²) in [5, 5.41) is 17.2. The number of benzene rings is 1. The van der Waals surface area contributed by atoms with Crippen molar-refractivity contribution in [3.05, 3.63) is 54.4 Å². The maximum absolute atomic E-state index is 15.3. The van der Waals surface area contributed by atoms with E-state index in [2.05, 4.69) is 20.1 Å². The van der Waals surface area contributed by atoms with Crippen LogP contribution in [0.3, 0.4) is 0 Å². The second-order valence-electron chi connectivity index (χ2n) is 18.8. The number of fused-ring (bicyclic) bond motifs is 3. The molecule has 2 aromatic heterocycles. The summed E-state index contributed by atoms with van der Waals surface area (Å²) >= 11 is 0. The Kier molecular flexibility index (Phi) is 12.9. The predicted molar refractivity (Wildman–Crippen MR) is 228 cm³/mol. The molecule has 3 fully saturated rings. The number of sulfonamides is 1. The van der Waals surface area contributed by atoms with E-state index in [1.54, 1.807) is 31.2 Å². The quantitative estimate of drug-likeness (QED) is 0.143. The van der Waals surface area contributed by atoms with Gasteiger partial charge in [-0.1, -0.05) is 32.4 Å². The first kappa shape index (κ1) is 49.3. The number of carbonyl (C=O) groups excluding carboxylic acids is 3. The van der Waals surface area contributed by atoms with Crippen LogP contribution < -0.4 is 19.5 Å². The van der Waals surface area contributed by atoms with Gasteiger partial charge < -0.3 is 24.8 Å². The van der Waals surface area contributed by atoms with Gasteiger partial charge >= 0.3 is 18.4 Å². The Balaban J connectivity index is 1.34. The number of allylic oxidation sites excluding steroid dienone is 1. The number of amides is 4. The van der Waals surface area contributed by atoms with Gasteiger partial charge in [0.25, 0.3) is 5.91 Å². The molecule has 1 aromatic carbocycles. The van der Waals surface area contributed by atoms with Gasteiger partial charge in [-0.15, -0.1) is 0 Å². The average Bonchev–Trinajstić information content (AvgIpc) is 4.01. The van der Waals surface area contributed by atoms with Crippen molar-refractivity contribution in [1.29, 1.82) is 0 Å². The third kappa shape index (κ3) is 9.48. The Bertz CT molecular complexity index is 2580. The van der Waals surface area contributed by atoms with Crippen molar-refractivity contribution < 1.29 is 68.5 Å². The number of pyridine rings is 1. The maximum Gasteiger partial charge on any atom is 0.435 e. The molecular formula is C44H53F6N7O9S. The monoisotopic (exact) mass is 969 g/mol. The number of aromatic nitrogens is 3. The number of halogens is 6. The molecule has 16 nitrogen and oxygen atoms in total. The number of ether oxygens (including phenoxy) is 2. The fourth-order valence-electron chi connectivity index (χ4n) is 9.06. The average molecular weight is 970 g/mol. The van der Waals surface area contributed by atoms with E-state index >= 15 is 4.79 Å². The van der Waals surface area contributed by atoms with Crippen molar-refractivity contribution >= 4 is 44.7 Å². The van der Waals surface area contributed by atoms with Crippen LogP contribution in [-0.2, 0) is 30.6 Å². The number of nitrogens with zero attached hydrogens (tertiary/aromatic N) is 5. The molecule has 0 spiro atoms. The van der Waals surface area contributed by atoms with E-state index in [9.17, 15) is 54.3 Å². The minimum absolute atomic E-state index is 0.0171. The molecule has 4 aliphatic rings. The lowest BCUT2D eigenvalue weighted by atomic mass is 9.82. The third-order valence-corrected chi connectivity index (χ3v) is 15.9. The number of methoxy groups -OCH3 is 1. The highest BCUT2D eigenvalue weighted by Crippen LogP contribution is 2.48. The fraction of sp³-hybridized carbons (Fsp3) is 0.591. The van der Waals surface area contributed by atoms with Gasteiger partial charge in [-0.05, 0) is 89.3 Å². The SMILES string of the molecule is CC[C@@H]1C[C@H](C)CCC=C[C@@H]2C[C@@]2(C(=O)NS(=O)(=O)C2(C)CC2)NC(=O)[C@@H]2C[C@@H](Oc3cc(-n4ccc(C(F)(F)F)n4)nc4cc(OC)ccc34)CN2C(=O)[C@H]1N(C(=O)O)C(C)(C)C(F)(F)F. The first-order valence-corrected chi connectivity index (χ1v) is 23.4. The highest BCUT2D eigenvalue weighted by Gasteiger charge is 2.64. The van der Waals surface area contributed by atoms with Gasteiger partial charge in [0.1, 0.15) is 40.8 Å². The summed E-state index contributed by atoms with van der Waals surface area (Å²) < 4.78 is 126. The van der Waals surface area contributed by atoms with Crippen molar-refractivity contribution in [2.75, 3.05) is 13.7 Å². The molecule has 2 saturated carbocycles. The molecule has 2 aliphatic heterocycles. The predicted octanol–water partition coefficient (Wildman–Crippen LogP) is 6.76. The van der Waals surface area contributed by atoms with Crippen LogP contribution in [0.1, 0.15) is 91.7 Å². The second-order valence-corrected chi connectivity index (χ2v) is 21.0. The van der Waals surface area contributed by atoms with Crippen LogP contribution >= 0.6 is 0 Å². The zero-order chi connectivity index (χ0) is 49.2.